The van der Waals surface area contributed by atoms with Gasteiger partial charge in [-0.1, -0.05) is 0 Å². The molecule has 2 saturated heterocycles. The SMILES string of the molecule is Cc1nc(CN2CC[C@@H]3OCCN(CC4CC4)[C@H]3CC2)cs1. The first-order chi connectivity index (χ1) is 10.8. The number of nitrogens with zero attached hydrogens (tertiary/aromatic N) is 3. The maximum absolute atomic E-state index is 6.11. The molecule has 2 atom stereocenters. The highest BCUT2D eigenvalue weighted by molar-refractivity contribution is 7.09. The van der Waals surface area contributed by atoms with Crippen molar-refractivity contribution in [3.63, 3.8) is 0 Å². The first-order valence-corrected chi connectivity index (χ1v) is 9.65. The Hall–Kier alpha value is -0.490. The van der Waals surface area contributed by atoms with Gasteiger partial charge in [0.25, 0.3) is 0 Å². The molecule has 0 aromatic carbocycles. The molecule has 0 radical (unpaired) electrons. The summed E-state index contributed by atoms with van der Waals surface area (Å²) in [4.78, 5) is 9.94. The summed E-state index contributed by atoms with van der Waals surface area (Å²) in [5.74, 6) is 0.982. The van der Waals surface area contributed by atoms with Crippen molar-refractivity contribution >= 4 is 11.3 Å². The Kier molecular flexibility index (Phi) is 4.49. The van der Waals surface area contributed by atoms with Gasteiger partial charge < -0.3 is 4.74 Å². The molecule has 3 fully saturated rings. The molecule has 122 valence electrons. The fraction of sp³-hybridized carbons (Fsp3) is 0.824. The number of aryl methyl sites for hydroxylation is 1. The van der Waals surface area contributed by atoms with Crippen molar-refractivity contribution in [2.75, 3.05) is 32.8 Å². The van der Waals surface area contributed by atoms with E-state index in [0.717, 1.165) is 32.2 Å². The molecular formula is C17H27N3OS. The third-order valence-electron chi connectivity index (χ3n) is 5.32. The third-order valence-corrected chi connectivity index (χ3v) is 6.14. The highest BCUT2D eigenvalue weighted by atomic mass is 32.1. The average molecular weight is 321 g/mol. The number of fused-ring (bicyclic) bond motifs is 1. The van der Waals surface area contributed by atoms with Gasteiger partial charge in [-0.3, -0.25) is 9.80 Å². The maximum Gasteiger partial charge on any atom is 0.0897 e. The van der Waals surface area contributed by atoms with Gasteiger partial charge in [0.15, 0.2) is 0 Å². The molecule has 0 unspecified atom stereocenters. The summed E-state index contributed by atoms with van der Waals surface area (Å²) in [6, 6.07) is 0.650. The summed E-state index contributed by atoms with van der Waals surface area (Å²) in [5, 5.41) is 3.39. The topological polar surface area (TPSA) is 28.6 Å². The predicted octanol–water partition coefficient (Wildman–Crippen LogP) is 2.53. The van der Waals surface area contributed by atoms with E-state index in [4.69, 9.17) is 4.74 Å². The van der Waals surface area contributed by atoms with Gasteiger partial charge in [0.1, 0.15) is 0 Å². The second kappa shape index (κ2) is 6.56. The van der Waals surface area contributed by atoms with E-state index in [1.54, 1.807) is 11.3 Å². The van der Waals surface area contributed by atoms with Crippen molar-refractivity contribution < 1.29 is 4.74 Å². The number of rotatable bonds is 4. The molecular weight excluding hydrogens is 294 g/mol. The van der Waals surface area contributed by atoms with Crippen LogP contribution in [0.15, 0.2) is 5.38 Å². The summed E-state index contributed by atoms with van der Waals surface area (Å²) in [6.45, 7) is 8.82. The van der Waals surface area contributed by atoms with E-state index in [1.165, 1.54) is 49.5 Å². The van der Waals surface area contributed by atoms with Crippen LogP contribution in [-0.2, 0) is 11.3 Å². The zero-order valence-corrected chi connectivity index (χ0v) is 14.4. The number of morpholine rings is 1. The summed E-state index contributed by atoms with van der Waals surface area (Å²) in [7, 11) is 0. The van der Waals surface area contributed by atoms with Crippen LogP contribution in [0, 0.1) is 12.8 Å². The highest BCUT2D eigenvalue weighted by Gasteiger charge is 2.37. The molecule has 1 aromatic heterocycles. The van der Waals surface area contributed by atoms with Crippen LogP contribution in [0.1, 0.15) is 36.4 Å². The molecule has 3 aliphatic rings. The first kappa shape index (κ1) is 15.1. The van der Waals surface area contributed by atoms with Crippen LogP contribution in [0.4, 0.5) is 0 Å². The minimum atomic E-state index is 0.453. The molecule has 0 N–H and O–H groups in total. The van der Waals surface area contributed by atoms with Crippen molar-refractivity contribution in [3.05, 3.63) is 16.1 Å². The van der Waals surface area contributed by atoms with Gasteiger partial charge in [0.2, 0.25) is 0 Å². The molecule has 1 aromatic rings. The van der Waals surface area contributed by atoms with Gasteiger partial charge in [0, 0.05) is 44.1 Å². The van der Waals surface area contributed by atoms with Gasteiger partial charge in [0.05, 0.1) is 23.4 Å². The van der Waals surface area contributed by atoms with E-state index in [9.17, 15) is 0 Å². The van der Waals surface area contributed by atoms with Crippen LogP contribution in [0.3, 0.4) is 0 Å². The van der Waals surface area contributed by atoms with Gasteiger partial charge in [-0.2, -0.15) is 0 Å². The standard InChI is InChI=1S/C17H27N3OS/c1-13-18-15(12-22-13)11-19-6-4-16-17(5-7-19)21-9-8-20(16)10-14-2-3-14/h12,14,16-17H,2-11H2,1H3/t16-,17-/m0/s1. The molecule has 0 bridgehead atoms. The Morgan fingerprint density at radius 1 is 1.23 bits per heavy atom. The van der Waals surface area contributed by atoms with Crippen LogP contribution in [-0.4, -0.2) is 59.7 Å². The van der Waals surface area contributed by atoms with Crippen LogP contribution in [0.25, 0.3) is 0 Å². The lowest BCUT2D eigenvalue weighted by atomic mass is 10.0. The zero-order chi connectivity index (χ0) is 14.9. The monoisotopic (exact) mass is 321 g/mol. The molecule has 0 spiro atoms. The van der Waals surface area contributed by atoms with Crippen molar-refractivity contribution in [3.8, 4) is 0 Å². The molecule has 5 heteroatoms. The first-order valence-electron chi connectivity index (χ1n) is 8.77. The fourth-order valence-corrected chi connectivity index (χ4v) is 4.54. The molecule has 1 saturated carbocycles. The van der Waals surface area contributed by atoms with Gasteiger partial charge in [-0.05, 0) is 38.5 Å². The van der Waals surface area contributed by atoms with Crippen LogP contribution < -0.4 is 0 Å². The molecule has 22 heavy (non-hydrogen) atoms. The third kappa shape index (κ3) is 3.53. The Morgan fingerprint density at radius 3 is 2.86 bits per heavy atom. The number of aromatic nitrogens is 1. The number of hydrogen-bond donors (Lipinski definition) is 0. The smallest absolute Gasteiger partial charge is 0.0897 e. The molecule has 2 aliphatic heterocycles. The Morgan fingerprint density at radius 2 is 2.09 bits per heavy atom. The van der Waals surface area contributed by atoms with Gasteiger partial charge in [-0.15, -0.1) is 11.3 Å². The molecule has 4 rings (SSSR count). The van der Waals surface area contributed by atoms with E-state index in [-0.39, 0.29) is 0 Å². The highest BCUT2D eigenvalue weighted by Crippen LogP contribution is 2.33. The van der Waals surface area contributed by atoms with Crippen molar-refractivity contribution in [2.24, 2.45) is 5.92 Å². The predicted molar refractivity (Wildman–Crippen MR) is 89.2 cm³/mol. The minimum absolute atomic E-state index is 0.453. The molecule has 0 amide bonds. The number of likely N-dealkylation sites (tertiary alicyclic amines) is 1. The molecule has 3 heterocycles. The number of thiazole rings is 1. The Labute approximate surface area is 137 Å². The van der Waals surface area contributed by atoms with Crippen LogP contribution >= 0.6 is 11.3 Å². The second-order valence-electron chi connectivity index (χ2n) is 7.13. The van der Waals surface area contributed by atoms with Crippen molar-refractivity contribution in [2.45, 2.75) is 51.3 Å². The molecule has 4 nitrogen and oxygen atoms in total. The van der Waals surface area contributed by atoms with Gasteiger partial charge in [-0.25, -0.2) is 4.98 Å². The van der Waals surface area contributed by atoms with E-state index in [2.05, 4.69) is 27.1 Å². The lowest BCUT2D eigenvalue weighted by Crippen LogP contribution is -2.51. The van der Waals surface area contributed by atoms with Crippen molar-refractivity contribution in [1.29, 1.82) is 0 Å². The van der Waals surface area contributed by atoms with E-state index < -0.39 is 0 Å². The summed E-state index contributed by atoms with van der Waals surface area (Å²) in [5.41, 5.74) is 1.24. The van der Waals surface area contributed by atoms with E-state index in [1.807, 2.05) is 0 Å². The fourth-order valence-electron chi connectivity index (χ4n) is 3.94. The number of hydrogen-bond acceptors (Lipinski definition) is 5. The molecule has 1 aliphatic carbocycles. The average Bonchev–Trinajstić information content (AvgIpc) is 3.26. The zero-order valence-electron chi connectivity index (χ0n) is 13.5. The summed E-state index contributed by atoms with van der Waals surface area (Å²) in [6.07, 6.45) is 5.78. The summed E-state index contributed by atoms with van der Waals surface area (Å²) >= 11 is 1.76. The Balaban J connectivity index is 1.37. The lowest BCUT2D eigenvalue weighted by Gasteiger charge is -2.40. The Bertz CT molecular complexity index is 502. The quantitative estimate of drug-likeness (QED) is 0.852. The van der Waals surface area contributed by atoms with Crippen LogP contribution in [0.5, 0.6) is 0 Å². The normalized spacial score (nSPS) is 31.0. The van der Waals surface area contributed by atoms with Crippen LogP contribution in [0.2, 0.25) is 0 Å². The lowest BCUT2D eigenvalue weighted by molar-refractivity contribution is -0.0727. The minimum Gasteiger partial charge on any atom is -0.375 e. The maximum atomic E-state index is 6.11. The van der Waals surface area contributed by atoms with E-state index >= 15 is 0 Å². The largest absolute Gasteiger partial charge is 0.375 e. The van der Waals surface area contributed by atoms with Gasteiger partial charge >= 0.3 is 0 Å². The van der Waals surface area contributed by atoms with Crippen molar-refractivity contribution in [1.82, 2.24) is 14.8 Å². The number of ether oxygens (including phenoxy) is 1. The summed E-state index contributed by atoms with van der Waals surface area (Å²) < 4.78 is 6.11. The second-order valence-corrected chi connectivity index (χ2v) is 8.19. The van der Waals surface area contributed by atoms with E-state index in [0.29, 0.717) is 12.1 Å².